The zero-order chi connectivity index (χ0) is 12.7. The number of nitrogens with one attached hydrogen (secondary N) is 1. The van der Waals surface area contributed by atoms with E-state index in [1.54, 1.807) is 6.92 Å². The highest BCUT2D eigenvalue weighted by Gasteiger charge is 2.31. The smallest absolute Gasteiger partial charge is 0.323 e. The van der Waals surface area contributed by atoms with Crippen molar-refractivity contribution in [1.82, 2.24) is 5.32 Å². The molecule has 0 aromatic rings. The molecule has 1 saturated carbocycles. The van der Waals surface area contributed by atoms with Crippen molar-refractivity contribution in [3.05, 3.63) is 0 Å². The molecule has 0 spiro atoms. The molecular formula is C13H25NO3. The SMILES string of the molecule is CCNC(C)(CCCCOCC1CC1)C(=O)O. The van der Waals surface area contributed by atoms with Gasteiger partial charge in [0.05, 0.1) is 0 Å². The highest BCUT2D eigenvalue weighted by molar-refractivity contribution is 5.78. The van der Waals surface area contributed by atoms with Gasteiger partial charge in [0.1, 0.15) is 5.54 Å². The topological polar surface area (TPSA) is 58.6 Å². The molecule has 1 fully saturated rings. The summed E-state index contributed by atoms with van der Waals surface area (Å²) in [6, 6.07) is 0. The highest BCUT2D eigenvalue weighted by Crippen LogP contribution is 2.28. The lowest BCUT2D eigenvalue weighted by Crippen LogP contribution is -2.49. The van der Waals surface area contributed by atoms with Gasteiger partial charge in [0.25, 0.3) is 0 Å². The summed E-state index contributed by atoms with van der Waals surface area (Å²) in [7, 11) is 0. The summed E-state index contributed by atoms with van der Waals surface area (Å²) in [5.74, 6) is 0.0410. The molecule has 17 heavy (non-hydrogen) atoms. The van der Waals surface area contributed by atoms with E-state index in [9.17, 15) is 4.79 Å². The van der Waals surface area contributed by atoms with E-state index in [0.29, 0.717) is 13.0 Å². The first-order valence-electron chi connectivity index (χ1n) is 6.64. The number of rotatable bonds is 10. The van der Waals surface area contributed by atoms with Crippen LogP contribution < -0.4 is 5.32 Å². The Bertz CT molecular complexity index is 241. The van der Waals surface area contributed by atoms with E-state index in [1.165, 1.54) is 12.8 Å². The van der Waals surface area contributed by atoms with Gasteiger partial charge >= 0.3 is 5.97 Å². The number of likely N-dealkylation sites (N-methyl/N-ethyl adjacent to an activating group) is 1. The lowest BCUT2D eigenvalue weighted by Gasteiger charge is -2.25. The second-order valence-electron chi connectivity index (χ2n) is 5.14. The van der Waals surface area contributed by atoms with Crippen LogP contribution >= 0.6 is 0 Å². The molecular weight excluding hydrogens is 218 g/mol. The quantitative estimate of drug-likeness (QED) is 0.576. The Morgan fingerprint density at radius 3 is 2.71 bits per heavy atom. The van der Waals surface area contributed by atoms with Crippen molar-refractivity contribution in [1.29, 1.82) is 0 Å². The van der Waals surface area contributed by atoms with Gasteiger partial charge in [-0.05, 0) is 51.5 Å². The van der Waals surface area contributed by atoms with Crippen LogP contribution in [0.25, 0.3) is 0 Å². The first-order chi connectivity index (χ1) is 8.08. The Morgan fingerprint density at radius 1 is 1.47 bits per heavy atom. The van der Waals surface area contributed by atoms with Crippen LogP contribution in [0.4, 0.5) is 0 Å². The molecule has 0 radical (unpaired) electrons. The average Bonchev–Trinajstić information content (AvgIpc) is 3.07. The number of carbonyl (C=O) groups is 1. The van der Waals surface area contributed by atoms with E-state index in [2.05, 4.69) is 5.32 Å². The van der Waals surface area contributed by atoms with Crippen molar-refractivity contribution in [3.8, 4) is 0 Å². The summed E-state index contributed by atoms with van der Waals surface area (Å²) in [4.78, 5) is 11.1. The standard InChI is InChI=1S/C13H25NO3/c1-3-14-13(2,12(15)16)8-4-5-9-17-10-11-6-7-11/h11,14H,3-10H2,1-2H3,(H,15,16). The summed E-state index contributed by atoms with van der Waals surface area (Å²) in [5.41, 5.74) is -0.786. The maximum atomic E-state index is 11.1. The summed E-state index contributed by atoms with van der Waals surface area (Å²) in [6.45, 7) is 6.02. The van der Waals surface area contributed by atoms with Gasteiger partial charge in [-0.1, -0.05) is 6.92 Å². The molecule has 0 aromatic carbocycles. The number of unbranched alkanes of at least 4 members (excludes halogenated alkanes) is 1. The van der Waals surface area contributed by atoms with E-state index in [4.69, 9.17) is 9.84 Å². The van der Waals surface area contributed by atoms with Gasteiger partial charge < -0.3 is 15.2 Å². The van der Waals surface area contributed by atoms with Gasteiger partial charge in [0.15, 0.2) is 0 Å². The third kappa shape index (κ3) is 5.50. The van der Waals surface area contributed by atoms with Crippen LogP contribution in [0.15, 0.2) is 0 Å². The molecule has 0 aromatic heterocycles. The molecule has 1 atom stereocenters. The number of hydrogen-bond acceptors (Lipinski definition) is 3. The highest BCUT2D eigenvalue weighted by atomic mass is 16.5. The summed E-state index contributed by atoms with van der Waals surface area (Å²) in [6.07, 6.45) is 5.12. The largest absolute Gasteiger partial charge is 0.480 e. The van der Waals surface area contributed by atoms with E-state index >= 15 is 0 Å². The lowest BCUT2D eigenvalue weighted by molar-refractivity contribution is -0.144. The average molecular weight is 243 g/mol. The van der Waals surface area contributed by atoms with Crippen LogP contribution in [0.3, 0.4) is 0 Å². The molecule has 2 N–H and O–H groups in total. The van der Waals surface area contributed by atoms with Crippen molar-refractivity contribution in [2.45, 2.75) is 51.5 Å². The Labute approximate surface area is 104 Å². The van der Waals surface area contributed by atoms with Crippen LogP contribution in [0.2, 0.25) is 0 Å². The predicted octanol–water partition coefficient (Wildman–Crippen LogP) is 2.04. The van der Waals surface area contributed by atoms with Gasteiger partial charge in [-0.3, -0.25) is 4.79 Å². The Kier molecular flexibility index (Phi) is 5.92. The van der Waals surface area contributed by atoms with Crippen molar-refractivity contribution >= 4 is 5.97 Å². The molecule has 0 amide bonds. The van der Waals surface area contributed by atoms with Gasteiger partial charge in [-0.2, -0.15) is 0 Å². The van der Waals surface area contributed by atoms with Crippen LogP contribution in [-0.2, 0) is 9.53 Å². The molecule has 4 nitrogen and oxygen atoms in total. The van der Waals surface area contributed by atoms with Crippen LogP contribution in [0.5, 0.6) is 0 Å². The van der Waals surface area contributed by atoms with Gasteiger partial charge in [0, 0.05) is 13.2 Å². The molecule has 1 unspecified atom stereocenters. The summed E-state index contributed by atoms with van der Waals surface area (Å²) >= 11 is 0. The van der Waals surface area contributed by atoms with Crippen molar-refractivity contribution in [2.75, 3.05) is 19.8 Å². The molecule has 0 bridgehead atoms. The fourth-order valence-corrected chi connectivity index (χ4v) is 1.88. The summed E-state index contributed by atoms with van der Waals surface area (Å²) in [5, 5.41) is 12.2. The van der Waals surface area contributed by atoms with Gasteiger partial charge in [0.2, 0.25) is 0 Å². The third-order valence-electron chi connectivity index (χ3n) is 3.30. The first kappa shape index (κ1) is 14.5. The Balaban J connectivity index is 2.06. The number of aliphatic carboxylic acids is 1. The number of carboxylic acid groups (broad SMARTS) is 1. The molecule has 0 heterocycles. The Morgan fingerprint density at radius 2 is 2.18 bits per heavy atom. The molecule has 1 rings (SSSR count). The zero-order valence-corrected chi connectivity index (χ0v) is 11.0. The van der Waals surface area contributed by atoms with Crippen molar-refractivity contribution < 1.29 is 14.6 Å². The van der Waals surface area contributed by atoms with Crippen molar-refractivity contribution in [2.24, 2.45) is 5.92 Å². The van der Waals surface area contributed by atoms with Gasteiger partial charge in [-0.25, -0.2) is 0 Å². The van der Waals surface area contributed by atoms with E-state index in [0.717, 1.165) is 32.0 Å². The van der Waals surface area contributed by atoms with E-state index in [1.807, 2.05) is 6.92 Å². The molecule has 1 aliphatic rings. The number of carboxylic acids is 1. The van der Waals surface area contributed by atoms with Crippen LogP contribution in [0.1, 0.15) is 46.0 Å². The molecule has 1 aliphatic carbocycles. The second-order valence-corrected chi connectivity index (χ2v) is 5.14. The lowest BCUT2D eigenvalue weighted by atomic mass is 9.95. The normalized spacial score (nSPS) is 18.9. The second kappa shape index (κ2) is 6.97. The minimum Gasteiger partial charge on any atom is -0.480 e. The van der Waals surface area contributed by atoms with E-state index in [-0.39, 0.29) is 0 Å². The fourth-order valence-electron chi connectivity index (χ4n) is 1.88. The molecule has 0 saturated heterocycles. The Hall–Kier alpha value is -0.610. The van der Waals surface area contributed by atoms with Crippen molar-refractivity contribution in [3.63, 3.8) is 0 Å². The third-order valence-corrected chi connectivity index (χ3v) is 3.30. The molecule has 0 aliphatic heterocycles. The number of ether oxygens (including phenoxy) is 1. The van der Waals surface area contributed by atoms with E-state index < -0.39 is 11.5 Å². The molecule has 4 heteroatoms. The summed E-state index contributed by atoms with van der Waals surface area (Å²) < 4.78 is 5.52. The maximum absolute atomic E-state index is 11.1. The predicted molar refractivity (Wildman–Crippen MR) is 67.1 cm³/mol. The number of hydrogen-bond donors (Lipinski definition) is 2. The van der Waals surface area contributed by atoms with Crippen LogP contribution in [0, 0.1) is 5.92 Å². The van der Waals surface area contributed by atoms with Crippen LogP contribution in [-0.4, -0.2) is 36.4 Å². The molecule has 100 valence electrons. The zero-order valence-electron chi connectivity index (χ0n) is 11.0. The monoisotopic (exact) mass is 243 g/mol. The maximum Gasteiger partial charge on any atom is 0.323 e. The first-order valence-corrected chi connectivity index (χ1v) is 6.64. The van der Waals surface area contributed by atoms with Gasteiger partial charge in [-0.15, -0.1) is 0 Å². The minimum atomic E-state index is -0.786. The fraction of sp³-hybridized carbons (Fsp3) is 0.923. The minimum absolute atomic E-state index is 0.656.